The van der Waals surface area contributed by atoms with Crippen LogP contribution in [0.15, 0.2) is 24.3 Å². The van der Waals surface area contributed by atoms with Gasteiger partial charge in [0.25, 0.3) is 0 Å². The Kier molecular flexibility index (Phi) is 6.13. The molecule has 1 aromatic carbocycles. The quantitative estimate of drug-likeness (QED) is 0.678. The third kappa shape index (κ3) is 5.37. The molecule has 0 unspecified atom stereocenters. The first-order chi connectivity index (χ1) is 8.26. The lowest BCUT2D eigenvalue weighted by molar-refractivity contribution is 0.263. The predicted octanol–water partition coefficient (Wildman–Crippen LogP) is 2.67. The summed E-state index contributed by atoms with van der Waals surface area (Å²) in [6.07, 6.45) is 2.19. The fraction of sp³-hybridized carbons (Fsp3) is 0.500. The van der Waals surface area contributed by atoms with E-state index in [-0.39, 0.29) is 0 Å². The fourth-order valence-corrected chi connectivity index (χ4v) is 1.67. The number of benzene rings is 1. The number of hydrogen-bond acceptors (Lipinski definition) is 3. The maximum atomic E-state index is 8.75. The van der Waals surface area contributed by atoms with Crippen molar-refractivity contribution in [3.8, 4) is 11.8 Å². The summed E-state index contributed by atoms with van der Waals surface area (Å²) in [5, 5.41) is 8.75. The Morgan fingerprint density at radius 1 is 1.35 bits per heavy atom. The Morgan fingerprint density at radius 2 is 2.18 bits per heavy atom. The molecule has 1 aromatic rings. The lowest BCUT2D eigenvalue weighted by Gasteiger charge is -2.15. The molecule has 0 heterocycles. The molecule has 0 aliphatic rings. The Balaban J connectivity index is 2.24. The van der Waals surface area contributed by atoms with Gasteiger partial charge in [0.1, 0.15) is 5.75 Å². The highest BCUT2D eigenvalue weighted by Gasteiger charge is 1.98. The van der Waals surface area contributed by atoms with Crippen LogP contribution in [0.2, 0.25) is 0 Å². The van der Waals surface area contributed by atoms with E-state index in [1.165, 1.54) is 6.42 Å². The van der Waals surface area contributed by atoms with Gasteiger partial charge in [-0.2, -0.15) is 5.26 Å². The van der Waals surface area contributed by atoms with Crippen molar-refractivity contribution >= 4 is 0 Å². The van der Waals surface area contributed by atoms with E-state index >= 15 is 0 Å². The highest BCUT2D eigenvalue weighted by molar-refractivity contribution is 5.36. The van der Waals surface area contributed by atoms with Gasteiger partial charge in [0.15, 0.2) is 0 Å². The molecule has 17 heavy (non-hydrogen) atoms. The molecular weight excluding hydrogens is 212 g/mol. The second-order valence-corrected chi connectivity index (χ2v) is 4.14. The summed E-state index contributed by atoms with van der Waals surface area (Å²) < 4.78 is 5.60. The summed E-state index contributed by atoms with van der Waals surface area (Å²) in [5.41, 5.74) is 0.644. The maximum Gasteiger partial charge on any atom is 0.120 e. The molecule has 0 saturated carbocycles. The minimum atomic E-state index is 0.644. The van der Waals surface area contributed by atoms with Crippen molar-refractivity contribution in [2.75, 3.05) is 26.7 Å². The summed E-state index contributed by atoms with van der Waals surface area (Å²) in [7, 11) is 2.12. The lowest BCUT2D eigenvalue weighted by atomic mass is 10.2. The van der Waals surface area contributed by atoms with Crippen molar-refractivity contribution in [1.29, 1.82) is 5.26 Å². The fourth-order valence-electron chi connectivity index (χ4n) is 1.67. The van der Waals surface area contributed by atoms with Gasteiger partial charge in [0, 0.05) is 6.54 Å². The molecule has 0 bridgehead atoms. The first-order valence-electron chi connectivity index (χ1n) is 6.07. The Morgan fingerprint density at radius 3 is 2.88 bits per heavy atom. The van der Waals surface area contributed by atoms with Crippen LogP contribution in [0.5, 0.6) is 5.75 Å². The molecule has 0 N–H and O–H groups in total. The monoisotopic (exact) mass is 232 g/mol. The van der Waals surface area contributed by atoms with Crippen molar-refractivity contribution in [2.24, 2.45) is 0 Å². The van der Waals surface area contributed by atoms with Gasteiger partial charge in [-0.15, -0.1) is 0 Å². The zero-order chi connectivity index (χ0) is 12.5. The van der Waals surface area contributed by atoms with Gasteiger partial charge in [0.05, 0.1) is 18.2 Å². The molecule has 0 fully saturated rings. The third-order valence-electron chi connectivity index (χ3n) is 2.52. The molecule has 3 heteroatoms. The Labute approximate surface area is 104 Å². The molecule has 0 radical (unpaired) electrons. The number of rotatable bonds is 7. The summed E-state index contributed by atoms with van der Waals surface area (Å²) in [4.78, 5) is 2.30. The van der Waals surface area contributed by atoms with E-state index < -0.39 is 0 Å². The van der Waals surface area contributed by atoms with Crippen LogP contribution in [0.1, 0.15) is 25.3 Å². The van der Waals surface area contributed by atoms with E-state index in [1.807, 2.05) is 12.1 Å². The molecule has 0 amide bonds. The topological polar surface area (TPSA) is 36.3 Å². The summed E-state index contributed by atoms with van der Waals surface area (Å²) in [6, 6.07) is 9.39. The Bertz CT molecular complexity index is 371. The van der Waals surface area contributed by atoms with Crippen molar-refractivity contribution in [2.45, 2.75) is 19.8 Å². The van der Waals surface area contributed by atoms with Crippen molar-refractivity contribution in [3.05, 3.63) is 29.8 Å². The average Bonchev–Trinajstić information content (AvgIpc) is 2.35. The molecule has 0 saturated heterocycles. The number of nitrogens with zero attached hydrogens (tertiary/aromatic N) is 2. The first-order valence-corrected chi connectivity index (χ1v) is 6.07. The van der Waals surface area contributed by atoms with Crippen LogP contribution in [-0.4, -0.2) is 31.6 Å². The Hall–Kier alpha value is -1.53. The van der Waals surface area contributed by atoms with E-state index in [0.717, 1.165) is 25.3 Å². The van der Waals surface area contributed by atoms with Gasteiger partial charge in [0.2, 0.25) is 0 Å². The van der Waals surface area contributed by atoms with Crippen LogP contribution in [-0.2, 0) is 0 Å². The second-order valence-electron chi connectivity index (χ2n) is 4.14. The van der Waals surface area contributed by atoms with Gasteiger partial charge in [-0.3, -0.25) is 0 Å². The van der Waals surface area contributed by atoms with Gasteiger partial charge in [-0.05, 0) is 44.6 Å². The van der Waals surface area contributed by atoms with Crippen LogP contribution < -0.4 is 4.74 Å². The number of hydrogen-bond donors (Lipinski definition) is 0. The molecule has 0 spiro atoms. The van der Waals surface area contributed by atoms with E-state index in [9.17, 15) is 0 Å². The van der Waals surface area contributed by atoms with Gasteiger partial charge in [-0.1, -0.05) is 13.0 Å². The molecular formula is C14H20N2O. The molecule has 3 nitrogen and oxygen atoms in total. The van der Waals surface area contributed by atoms with Crippen LogP contribution in [0.3, 0.4) is 0 Å². The smallest absolute Gasteiger partial charge is 0.120 e. The van der Waals surface area contributed by atoms with Gasteiger partial charge >= 0.3 is 0 Å². The molecule has 1 rings (SSSR count). The van der Waals surface area contributed by atoms with Crippen molar-refractivity contribution in [3.63, 3.8) is 0 Å². The van der Waals surface area contributed by atoms with E-state index in [4.69, 9.17) is 10.00 Å². The van der Waals surface area contributed by atoms with Gasteiger partial charge in [-0.25, -0.2) is 0 Å². The minimum absolute atomic E-state index is 0.644. The van der Waals surface area contributed by atoms with E-state index in [1.54, 1.807) is 12.1 Å². The third-order valence-corrected chi connectivity index (χ3v) is 2.52. The van der Waals surface area contributed by atoms with Crippen molar-refractivity contribution < 1.29 is 4.74 Å². The first kappa shape index (κ1) is 13.5. The molecule has 0 atom stereocenters. The standard InChI is InChI=1S/C14H20N2O/c1-3-8-16(2)9-5-10-17-14-7-4-6-13(11-14)12-15/h4,6-7,11H,3,5,8-10H2,1-2H3. The zero-order valence-corrected chi connectivity index (χ0v) is 10.6. The molecule has 0 aliphatic heterocycles. The van der Waals surface area contributed by atoms with E-state index in [0.29, 0.717) is 12.2 Å². The SMILES string of the molecule is CCCN(C)CCCOc1cccc(C#N)c1. The number of nitriles is 1. The second kappa shape index (κ2) is 7.70. The zero-order valence-electron chi connectivity index (χ0n) is 10.6. The maximum absolute atomic E-state index is 8.75. The highest BCUT2D eigenvalue weighted by Crippen LogP contribution is 2.12. The summed E-state index contributed by atoms with van der Waals surface area (Å²) in [6.45, 7) is 5.05. The van der Waals surface area contributed by atoms with Gasteiger partial charge < -0.3 is 9.64 Å². The van der Waals surface area contributed by atoms with Crippen LogP contribution in [0.4, 0.5) is 0 Å². The minimum Gasteiger partial charge on any atom is -0.494 e. The average molecular weight is 232 g/mol. The largest absolute Gasteiger partial charge is 0.494 e. The van der Waals surface area contributed by atoms with Crippen LogP contribution in [0.25, 0.3) is 0 Å². The van der Waals surface area contributed by atoms with Crippen LogP contribution >= 0.6 is 0 Å². The molecule has 92 valence electrons. The summed E-state index contributed by atoms with van der Waals surface area (Å²) in [5.74, 6) is 0.780. The molecule has 0 aliphatic carbocycles. The normalized spacial score (nSPS) is 10.2. The van der Waals surface area contributed by atoms with Crippen LogP contribution in [0, 0.1) is 11.3 Å². The molecule has 0 aromatic heterocycles. The predicted molar refractivity (Wildman–Crippen MR) is 69.1 cm³/mol. The van der Waals surface area contributed by atoms with E-state index in [2.05, 4.69) is 24.9 Å². The highest BCUT2D eigenvalue weighted by atomic mass is 16.5. The summed E-state index contributed by atoms with van der Waals surface area (Å²) >= 11 is 0. The lowest BCUT2D eigenvalue weighted by Crippen LogP contribution is -2.21. The number of ether oxygens (including phenoxy) is 1. The van der Waals surface area contributed by atoms with Crippen molar-refractivity contribution in [1.82, 2.24) is 4.90 Å².